The van der Waals surface area contributed by atoms with E-state index in [1.54, 1.807) is 0 Å². The van der Waals surface area contributed by atoms with E-state index in [-0.39, 0.29) is 11.8 Å². The summed E-state index contributed by atoms with van der Waals surface area (Å²) in [6.45, 7) is 0. The van der Waals surface area contributed by atoms with E-state index in [2.05, 4.69) is 5.32 Å². The number of hydrogen-bond donors (Lipinski definition) is 3. The van der Waals surface area contributed by atoms with Gasteiger partial charge in [0.05, 0.1) is 0 Å². The third-order valence-electron chi connectivity index (χ3n) is 4.07. The third-order valence-corrected chi connectivity index (χ3v) is 4.07. The van der Waals surface area contributed by atoms with Crippen molar-refractivity contribution in [3.05, 3.63) is 0 Å². The maximum atomic E-state index is 11.0. The van der Waals surface area contributed by atoms with Gasteiger partial charge in [0.25, 0.3) is 0 Å². The molecule has 0 heterocycles. The van der Waals surface area contributed by atoms with Crippen LogP contribution in [0.1, 0.15) is 44.9 Å². The van der Waals surface area contributed by atoms with Gasteiger partial charge in [0.15, 0.2) is 0 Å². The van der Waals surface area contributed by atoms with Gasteiger partial charge in [0.1, 0.15) is 0 Å². The zero-order valence-corrected chi connectivity index (χ0v) is 9.82. The Morgan fingerprint density at radius 2 is 1.62 bits per heavy atom. The summed E-state index contributed by atoms with van der Waals surface area (Å²) in [6.07, 6.45) is 7.52. The van der Waals surface area contributed by atoms with Gasteiger partial charge in [0.2, 0.25) is 5.91 Å². The Labute approximate surface area is 97.1 Å². The highest BCUT2D eigenvalue weighted by molar-refractivity contribution is 5.76. The van der Waals surface area contributed by atoms with Gasteiger partial charge in [-0.15, -0.1) is 0 Å². The van der Waals surface area contributed by atoms with Crippen LogP contribution in [0.4, 0.5) is 0 Å². The molecule has 0 aromatic heterocycles. The van der Waals surface area contributed by atoms with Crippen molar-refractivity contribution >= 4 is 5.91 Å². The molecule has 0 spiro atoms. The van der Waals surface area contributed by atoms with Crippen LogP contribution < -0.4 is 16.8 Å². The molecule has 1 amide bonds. The Bertz CT molecular complexity index is 249. The summed E-state index contributed by atoms with van der Waals surface area (Å²) in [5.74, 6) is -0.00905. The minimum atomic E-state index is -0.124. The zero-order chi connectivity index (χ0) is 11.5. The predicted octanol–water partition coefficient (Wildman–Crippen LogP) is 0.500. The van der Waals surface area contributed by atoms with Crippen LogP contribution in [-0.2, 0) is 4.79 Å². The predicted molar refractivity (Wildman–Crippen MR) is 63.7 cm³/mol. The normalized spacial score (nSPS) is 39.8. The Morgan fingerprint density at radius 3 is 2.12 bits per heavy atom. The van der Waals surface area contributed by atoms with Crippen molar-refractivity contribution < 1.29 is 4.79 Å². The molecule has 0 bridgehead atoms. The maximum absolute atomic E-state index is 11.0. The monoisotopic (exact) mass is 225 g/mol. The lowest BCUT2D eigenvalue weighted by Gasteiger charge is -2.29. The second-order valence-corrected chi connectivity index (χ2v) is 5.39. The molecule has 4 nitrogen and oxygen atoms in total. The minimum absolute atomic E-state index is 0.115. The van der Waals surface area contributed by atoms with E-state index >= 15 is 0 Å². The molecule has 0 saturated heterocycles. The summed E-state index contributed by atoms with van der Waals surface area (Å²) in [5.41, 5.74) is 11.2. The van der Waals surface area contributed by atoms with E-state index in [4.69, 9.17) is 11.5 Å². The van der Waals surface area contributed by atoms with E-state index in [1.807, 2.05) is 0 Å². The summed E-state index contributed by atoms with van der Waals surface area (Å²) in [6, 6.07) is 1.57. The molecule has 2 rings (SSSR count). The maximum Gasteiger partial charge on any atom is 0.220 e. The van der Waals surface area contributed by atoms with E-state index in [0.29, 0.717) is 18.1 Å². The summed E-state index contributed by atoms with van der Waals surface area (Å²) < 4.78 is 0. The Kier molecular flexibility index (Phi) is 3.82. The summed E-state index contributed by atoms with van der Waals surface area (Å²) in [4.78, 5) is 11.0. The van der Waals surface area contributed by atoms with E-state index < -0.39 is 0 Å². The number of nitrogens with one attached hydrogen (secondary N) is 1. The summed E-state index contributed by atoms with van der Waals surface area (Å²) in [7, 11) is 0. The number of nitrogens with two attached hydrogens (primary N) is 2. The van der Waals surface area contributed by atoms with Crippen LogP contribution in [0, 0.1) is 5.92 Å². The highest BCUT2D eigenvalue weighted by Crippen LogP contribution is 2.26. The Hall–Kier alpha value is -0.610. The molecule has 2 atom stereocenters. The molecular formula is C12H23N3O. The standard InChI is InChI=1S/C12H23N3O/c13-9-3-6-11(7-9)15-10-4-1-8(2-5-10)12(14)16/h8-11,15H,1-7,13H2,(H2,14,16). The van der Waals surface area contributed by atoms with Gasteiger partial charge in [-0.3, -0.25) is 4.79 Å². The summed E-state index contributed by atoms with van der Waals surface area (Å²) in [5, 5.41) is 3.68. The molecule has 2 aliphatic rings. The fourth-order valence-electron chi connectivity index (χ4n) is 3.05. The molecule has 2 fully saturated rings. The number of carbonyl (C=O) groups excluding carboxylic acids is 1. The second kappa shape index (κ2) is 5.15. The van der Waals surface area contributed by atoms with E-state index in [0.717, 1.165) is 38.5 Å². The average molecular weight is 225 g/mol. The molecule has 2 aliphatic carbocycles. The average Bonchev–Trinajstić information content (AvgIpc) is 2.65. The lowest BCUT2D eigenvalue weighted by Crippen LogP contribution is -2.41. The van der Waals surface area contributed by atoms with Crippen molar-refractivity contribution in [2.45, 2.75) is 63.1 Å². The van der Waals surface area contributed by atoms with Crippen LogP contribution in [0.2, 0.25) is 0 Å². The highest BCUT2D eigenvalue weighted by atomic mass is 16.1. The first-order valence-corrected chi connectivity index (χ1v) is 6.46. The highest BCUT2D eigenvalue weighted by Gasteiger charge is 2.28. The summed E-state index contributed by atoms with van der Waals surface area (Å²) >= 11 is 0. The van der Waals surface area contributed by atoms with Crippen molar-refractivity contribution in [1.82, 2.24) is 5.32 Å². The molecule has 4 heteroatoms. The molecule has 0 aromatic carbocycles. The van der Waals surface area contributed by atoms with Crippen LogP contribution in [0.25, 0.3) is 0 Å². The van der Waals surface area contributed by atoms with Gasteiger partial charge in [-0.1, -0.05) is 0 Å². The molecule has 5 N–H and O–H groups in total. The molecule has 2 saturated carbocycles. The van der Waals surface area contributed by atoms with Crippen molar-refractivity contribution in [2.75, 3.05) is 0 Å². The molecular weight excluding hydrogens is 202 g/mol. The van der Waals surface area contributed by atoms with Crippen molar-refractivity contribution in [3.8, 4) is 0 Å². The van der Waals surface area contributed by atoms with E-state index in [9.17, 15) is 4.79 Å². The topological polar surface area (TPSA) is 81.1 Å². The van der Waals surface area contributed by atoms with Gasteiger partial charge in [-0.05, 0) is 44.9 Å². The zero-order valence-electron chi connectivity index (χ0n) is 9.82. The number of amides is 1. The largest absolute Gasteiger partial charge is 0.369 e. The molecule has 0 aromatic rings. The number of rotatable bonds is 3. The van der Waals surface area contributed by atoms with Crippen LogP contribution >= 0.6 is 0 Å². The smallest absolute Gasteiger partial charge is 0.220 e. The van der Waals surface area contributed by atoms with Crippen LogP contribution in [0.15, 0.2) is 0 Å². The number of hydrogen-bond acceptors (Lipinski definition) is 3. The SMILES string of the molecule is NC(=O)C1CCC(NC2CCC(N)C2)CC1. The molecule has 16 heavy (non-hydrogen) atoms. The Morgan fingerprint density at radius 1 is 1.00 bits per heavy atom. The quantitative estimate of drug-likeness (QED) is 0.654. The molecule has 0 aliphatic heterocycles. The molecule has 0 radical (unpaired) electrons. The third kappa shape index (κ3) is 2.95. The van der Waals surface area contributed by atoms with Gasteiger partial charge in [-0.2, -0.15) is 0 Å². The first kappa shape index (κ1) is 11.9. The van der Waals surface area contributed by atoms with Crippen molar-refractivity contribution in [3.63, 3.8) is 0 Å². The fourth-order valence-corrected chi connectivity index (χ4v) is 3.05. The van der Waals surface area contributed by atoms with E-state index in [1.165, 1.54) is 6.42 Å². The van der Waals surface area contributed by atoms with Gasteiger partial charge in [-0.25, -0.2) is 0 Å². The molecule has 92 valence electrons. The Balaban J connectivity index is 1.71. The fraction of sp³-hybridized carbons (Fsp3) is 0.917. The van der Waals surface area contributed by atoms with Gasteiger partial charge >= 0.3 is 0 Å². The van der Waals surface area contributed by atoms with Crippen molar-refractivity contribution in [2.24, 2.45) is 17.4 Å². The molecule has 2 unspecified atom stereocenters. The lowest BCUT2D eigenvalue weighted by molar-refractivity contribution is -0.122. The number of carbonyl (C=O) groups is 1. The first-order valence-electron chi connectivity index (χ1n) is 6.46. The minimum Gasteiger partial charge on any atom is -0.369 e. The van der Waals surface area contributed by atoms with Crippen molar-refractivity contribution in [1.29, 1.82) is 0 Å². The van der Waals surface area contributed by atoms with Gasteiger partial charge < -0.3 is 16.8 Å². The van der Waals surface area contributed by atoms with Crippen LogP contribution in [0.5, 0.6) is 0 Å². The van der Waals surface area contributed by atoms with Crippen LogP contribution in [-0.4, -0.2) is 24.0 Å². The number of primary amides is 1. The van der Waals surface area contributed by atoms with Crippen LogP contribution in [0.3, 0.4) is 0 Å². The first-order chi connectivity index (χ1) is 7.65. The van der Waals surface area contributed by atoms with Gasteiger partial charge in [0, 0.05) is 24.0 Å². The lowest BCUT2D eigenvalue weighted by atomic mass is 9.85. The second-order valence-electron chi connectivity index (χ2n) is 5.39.